The monoisotopic (exact) mass is 481 g/mol. The molecule has 0 spiro atoms. The van der Waals surface area contributed by atoms with E-state index in [1.807, 2.05) is 48.7 Å². The number of benzene rings is 2. The van der Waals surface area contributed by atoms with Crippen LogP contribution in [0.25, 0.3) is 16.3 Å². The molecule has 2 heterocycles. The van der Waals surface area contributed by atoms with Gasteiger partial charge in [0.2, 0.25) is 5.91 Å². The van der Waals surface area contributed by atoms with Crippen LogP contribution in [-0.4, -0.2) is 30.0 Å². The van der Waals surface area contributed by atoms with Crippen LogP contribution in [-0.2, 0) is 20.4 Å². The van der Waals surface area contributed by atoms with Gasteiger partial charge in [-0.2, -0.15) is 0 Å². The number of fused-ring (bicyclic) bond motifs is 1. The van der Waals surface area contributed by atoms with E-state index in [0.29, 0.717) is 5.69 Å². The van der Waals surface area contributed by atoms with Gasteiger partial charge in [-0.25, -0.2) is 13.4 Å². The van der Waals surface area contributed by atoms with E-state index in [1.165, 1.54) is 17.4 Å². The highest BCUT2D eigenvalue weighted by Gasteiger charge is 2.14. The third kappa shape index (κ3) is 6.25. The number of nitrogens with zero attached hydrogens (tertiary/aromatic N) is 2. The van der Waals surface area contributed by atoms with Crippen LogP contribution < -0.4 is 5.32 Å². The molecule has 2 aromatic carbocycles. The molecule has 0 atom stereocenters. The van der Waals surface area contributed by atoms with Gasteiger partial charge in [-0.1, -0.05) is 48.2 Å². The highest BCUT2D eigenvalue weighted by molar-refractivity contribution is 8.00. The van der Waals surface area contributed by atoms with E-state index in [-0.39, 0.29) is 0 Å². The van der Waals surface area contributed by atoms with Gasteiger partial charge in [-0.05, 0) is 41.5 Å². The molecule has 4 aromatic rings. The van der Waals surface area contributed by atoms with Gasteiger partial charge in [-0.15, -0.1) is 11.3 Å². The summed E-state index contributed by atoms with van der Waals surface area (Å²) in [5.41, 5.74) is 3.24. The van der Waals surface area contributed by atoms with Crippen molar-refractivity contribution in [2.75, 3.05) is 11.1 Å². The standard InChI is InChI=1S/C23H19N3O3S3/c27-22(16-32(28,29)12-10-17-5-2-1-3-6-17)25-19-8-9-20-21(13-19)31-23(26-20)30-15-18-7-4-11-24-14-18/h1-14H,15-16H2,(H,25,27). The summed E-state index contributed by atoms with van der Waals surface area (Å²) in [6, 6.07) is 18.3. The number of hydrogen-bond donors (Lipinski definition) is 1. The molecule has 0 bridgehead atoms. The average molecular weight is 482 g/mol. The first kappa shape index (κ1) is 22.2. The summed E-state index contributed by atoms with van der Waals surface area (Å²) >= 11 is 3.15. The zero-order valence-corrected chi connectivity index (χ0v) is 19.3. The Hall–Kier alpha value is -3.01. The van der Waals surface area contributed by atoms with Crippen molar-refractivity contribution in [3.05, 3.63) is 89.6 Å². The van der Waals surface area contributed by atoms with E-state index < -0.39 is 21.5 Å². The fraction of sp³-hybridized carbons (Fsp3) is 0.0870. The Balaban J connectivity index is 1.38. The summed E-state index contributed by atoms with van der Waals surface area (Å²) < 4.78 is 26.3. The van der Waals surface area contributed by atoms with Crippen molar-refractivity contribution < 1.29 is 13.2 Å². The number of aromatic nitrogens is 2. The number of hydrogen-bond acceptors (Lipinski definition) is 7. The molecule has 0 aliphatic carbocycles. The van der Waals surface area contributed by atoms with E-state index in [4.69, 9.17) is 0 Å². The summed E-state index contributed by atoms with van der Waals surface area (Å²) in [6.07, 6.45) is 5.06. The van der Waals surface area contributed by atoms with Gasteiger partial charge in [-0.3, -0.25) is 9.78 Å². The summed E-state index contributed by atoms with van der Waals surface area (Å²) in [6.45, 7) is 0. The lowest BCUT2D eigenvalue weighted by atomic mass is 10.2. The normalized spacial score (nSPS) is 11.8. The van der Waals surface area contributed by atoms with Crippen LogP contribution in [0.1, 0.15) is 11.1 Å². The zero-order chi connectivity index (χ0) is 22.4. The fourth-order valence-corrected chi connectivity index (χ4v) is 5.79. The fourth-order valence-electron chi connectivity index (χ4n) is 2.85. The Kier molecular flexibility index (Phi) is 6.99. The number of anilines is 1. The maximum atomic E-state index is 12.3. The summed E-state index contributed by atoms with van der Waals surface area (Å²) in [4.78, 5) is 21.0. The smallest absolute Gasteiger partial charge is 0.239 e. The van der Waals surface area contributed by atoms with Crippen LogP contribution in [0.15, 0.2) is 82.8 Å². The van der Waals surface area contributed by atoms with Crippen LogP contribution in [0.4, 0.5) is 5.69 Å². The quantitative estimate of drug-likeness (QED) is 0.356. The molecular weight excluding hydrogens is 462 g/mol. The number of sulfone groups is 1. The number of amides is 1. The lowest BCUT2D eigenvalue weighted by Gasteiger charge is -2.04. The highest BCUT2D eigenvalue weighted by Crippen LogP contribution is 2.32. The molecule has 0 aliphatic rings. The Morgan fingerprint density at radius 3 is 2.72 bits per heavy atom. The molecule has 9 heteroatoms. The topological polar surface area (TPSA) is 89.0 Å². The predicted molar refractivity (Wildman–Crippen MR) is 131 cm³/mol. The second kappa shape index (κ2) is 10.1. The van der Waals surface area contributed by atoms with Crippen molar-refractivity contribution in [1.29, 1.82) is 0 Å². The van der Waals surface area contributed by atoms with Crippen molar-refractivity contribution >= 4 is 60.8 Å². The molecule has 2 aromatic heterocycles. The van der Waals surface area contributed by atoms with Crippen LogP contribution in [0, 0.1) is 0 Å². The number of nitrogens with one attached hydrogen (secondary N) is 1. The van der Waals surface area contributed by atoms with E-state index in [9.17, 15) is 13.2 Å². The second-order valence-electron chi connectivity index (χ2n) is 6.88. The van der Waals surface area contributed by atoms with Crippen molar-refractivity contribution in [2.24, 2.45) is 0 Å². The molecule has 0 aliphatic heterocycles. The molecule has 0 radical (unpaired) electrons. The van der Waals surface area contributed by atoms with Gasteiger partial charge in [0.15, 0.2) is 14.2 Å². The van der Waals surface area contributed by atoms with E-state index in [0.717, 1.165) is 36.8 Å². The Morgan fingerprint density at radius 2 is 1.94 bits per heavy atom. The van der Waals surface area contributed by atoms with Crippen molar-refractivity contribution in [1.82, 2.24) is 9.97 Å². The summed E-state index contributed by atoms with van der Waals surface area (Å²) in [7, 11) is -3.68. The van der Waals surface area contributed by atoms with Crippen molar-refractivity contribution in [2.45, 2.75) is 10.1 Å². The van der Waals surface area contributed by atoms with Crippen molar-refractivity contribution in [3.63, 3.8) is 0 Å². The summed E-state index contributed by atoms with van der Waals surface area (Å²) in [5.74, 6) is -0.438. The van der Waals surface area contributed by atoms with Gasteiger partial charge < -0.3 is 5.32 Å². The molecule has 0 saturated heterocycles. The molecule has 4 rings (SSSR count). The number of carbonyl (C=O) groups is 1. The van der Waals surface area contributed by atoms with Gasteiger partial charge in [0.05, 0.1) is 10.2 Å². The van der Waals surface area contributed by atoms with Gasteiger partial charge in [0.25, 0.3) is 0 Å². The van der Waals surface area contributed by atoms with E-state index in [2.05, 4.69) is 15.3 Å². The first-order chi connectivity index (χ1) is 15.5. The van der Waals surface area contributed by atoms with Crippen LogP contribution in [0.2, 0.25) is 0 Å². The van der Waals surface area contributed by atoms with Crippen molar-refractivity contribution in [3.8, 4) is 0 Å². The number of carbonyl (C=O) groups excluding carboxylic acids is 1. The number of pyridine rings is 1. The van der Waals surface area contributed by atoms with Crippen LogP contribution in [0.5, 0.6) is 0 Å². The molecule has 32 heavy (non-hydrogen) atoms. The van der Waals surface area contributed by atoms with Crippen LogP contribution in [0.3, 0.4) is 0 Å². The first-order valence-electron chi connectivity index (χ1n) is 9.65. The predicted octanol–water partition coefficient (Wildman–Crippen LogP) is 5.01. The minimum absolute atomic E-state index is 0.539. The van der Waals surface area contributed by atoms with Gasteiger partial charge in [0.1, 0.15) is 5.75 Å². The minimum atomic E-state index is -3.68. The highest BCUT2D eigenvalue weighted by atomic mass is 32.2. The SMILES string of the molecule is O=C(CS(=O)(=O)C=Cc1ccccc1)Nc1ccc2nc(SCc3cccnc3)sc2c1. The number of thiazole rings is 1. The van der Waals surface area contributed by atoms with E-state index >= 15 is 0 Å². The molecule has 0 fully saturated rings. The zero-order valence-electron chi connectivity index (χ0n) is 16.8. The van der Waals surface area contributed by atoms with Crippen LogP contribution >= 0.6 is 23.1 Å². The molecule has 1 N–H and O–H groups in total. The third-order valence-electron chi connectivity index (χ3n) is 4.34. The van der Waals surface area contributed by atoms with Gasteiger partial charge >= 0.3 is 0 Å². The molecule has 0 unspecified atom stereocenters. The molecule has 1 amide bonds. The number of rotatable bonds is 8. The number of thioether (sulfide) groups is 1. The maximum Gasteiger partial charge on any atom is 0.239 e. The Morgan fingerprint density at radius 1 is 1.09 bits per heavy atom. The lowest BCUT2D eigenvalue weighted by Crippen LogP contribution is -2.21. The summed E-state index contributed by atoms with van der Waals surface area (Å²) in [5, 5.41) is 3.74. The second-order valence-corrected chi connectivity index (χ2v) is 11.0. The van der Waals surface area contributed by atoms with Gasteiger partial charge in [0, 0.05) is 29.2 Å². The Bertz CT molecular complexity index is 1350. The minimum Gasteiger partial charge on any atom is -0.325 e. The molecule has 162 valence electrons. The maximum absolute atomic E-state index is 12.3. The Labute approximate surface area is 194 Å². The molecular formula is C23H19N3O3S3. The lowest BCUT2D eigenvalue weighted by molar-refractivity contribution is -0.113. The first-order valence-corrected chi connectivity index (χ1v) is 13.2. The molecule has 0 saturated carbocycles. The largest absolute Gasteiger partial charge is 0.325 e. The average Bonchev–Trinajstić information content (AvgIpc) is 3.20. The third-order valence-corrected chi connectivity index (χ3v) is 7.78. The molecule has 6 nitrogen and oxygen atoms in total. The van der Waals surface area contributed by atoms with E-state index in [1.54, 1.807) is 36.2 Å².